The summed E-state index contributed by atoms with van der Waals surface area (Å²) in [7, 11) is 1.84. The molecule has 0 saturated carbocycles. The Kier molecular flexibility index (Phi) is 4.82. The summed E-state index contributed by atoms with van der Waals surface area (Å²) >= 11 is 0. The highest BCUT2D eigenvalue weighted by atomic mass is 19.1. The van der Waals surface area contributed by atoms with E-state index in [-0.39, 0.29) is 12.4 Å². The largest absolute Gasteiger partial charge is 0.392 e. The third-order valence-corrected chi connectivity index (χ3v) is 1.94. The van der Waals surface area contributed by atoms with Crippen LogP contribution in [0.15, 0.2) is 18.2 Å². The second-order valence-electron chi connectivity index (χ2n) is 3.13. The molecule has 0 bridgehead atoms. The van der Waals surface area contributed by atoms with E-state index < -0.39 is 0 Å². The van der Waals surface area contributed by atoms with Gasteiger partial charge in [0.15, 0.2) is 0 Å². The first kappa shape index (κ1) is 11.7. The van der Waals surface area contributed by atoms with Gasteiger partial charge < -0.3 is 10.4 Å². The number of aliphatic hydroxyl groups is 1. The molecule has 2 N–H and O–H groups in total. The van der Waals surface area contributed by atoms with Crippen LogP contribution in [0.25, 0.3) is 0 Å². The highest BCUT2D eigenvalue weighted by Crippen LogP contribution is 2.09. The lowest BCUT2D eigenvalue weighted by Gasteiger charge is -1.98. The molecule has 0 amide bonds. The van der Waals surface area contributed by atoms with Crippen LogP contribution in [-0.2, 0) is 6.61 Å². The minimum Gasteiger partial charge on any atom is -0.392 e. The Morgan fingerprint density at radius 1 is 1.47 bits per heavy atom. The SMILES string of the molecule is CNCCC#Cc1cc(CO)ccc1F. The number of benzene rings is 1. The van der Waals surface area contributed by atoms with E-state index in [4.69, 9.17) is 5.11 Å². The highest BCUT2D eigenvalue weighted by molar-refractivity contribution is 5.38. The van der Waals surface area contributed by atoms with E-state index in [1.807, 2.05) is 7.05 Å². The number of hydrogen-bond donors (Lipinski definition) is 2. The molecule has 0 saturated heterocycles. The Labute approximate surface area is 89.1 Å². The van der Waals surface area contributed by atoms with Crippen LogP contribution in [0.3, 0.4) is 0 Å². The number of aliphatic hydroxyl groups excluding tert-OH is 1. The Bertz CT molecular complexity index is 379. The van der Waals surface area contributed by atoms with Gasteiger partial charge in [0.05, 0.1) is 12.2 Å². The van der Waals surface area contributed by atoms with Crippen LogP contribution in [0, 0.1) is 17.7 Å². The Balaban J connectivity index is 2.77. The molecule has 0 unspecified atom stereocenters. The zero-order valence-corrected chi connectivity index (χ0v) is 8.68. The fraction of sp³-hybridized carbons (Fsp3) is 0.333. The first-order valence-corrected chi connectivity index (χ1v) is 4.80. The molecule has 0 aliphatic carbocycles. The number of halogens is 1. The molecular formula is C12H14FNO. The van der Waals surface area contributed by atoms with Crippen LogP contribution in [0.4, 0.5) is 4.39 Å². The van der Waals surface area contributed by atoms with Gasteiger partial charge >= 0.3 is 0 Å². The normalized spacial score (nSPS) is 9.53. The predicted octanol–water partition coefficient (Wildman–Crippen LogP) is 1.28. The van der Waals surface area contributed by atoms with Gasteiger partial charge in [-0.25, -0.2) is 4.39 Å². The summed E-state index contributed by atoms with van der Waals surface area (Å²) in [6, 6.07) is 4.45. The molecule has 0 fully saturated rings. The minimum absolute atomic E-state index is 0.0918. The molecule has 1 rings (SSSR count). The zero-order chi connectivity index (χ0) is 11.1. The maximum absolute atomic E-state index is 13.2. The van der Waals surface area contributed by atoms with Gasteiger partial charge in [0.1, 0.15) is 5.82 Å². The van der Waals surface area contributed by atoms with Gasteiger partial charge in [-0.05, 0) is 24.7 Å². The van der Waals surface area contributed by atoms with Gasteiger partial charge in [-0.15, -0.1) is 0 Å². The smallest absolute Gasteiger partial charge is 0.138 e. The van der Waals surface area contributed by atoms with E-state index >= 15 is 0 Å². The summed E-state index contributed by atoms with van der Waals surface area (Å²) < 4.78 is 13.2. The topological polar surface area (TPSA) is 32.3 Å². The molecular weight excluding hydrogens is 193 g/mol. The van der Waals surface area contributed by atoms with Gasteiger partial charge in [-0.1, -0.05) is 17.9 Å². The third kappa shape index (κ3) is 3.70. The fourth-order valence-electron chi connectivity index (χ4n) is 1.11. The van der Waals surface area contributed by atoms with Gasteiger partial charge in [0.2, 0.25) is 0 Å². The first-order valence-electron chi connectivity index (χ1n) is 4.80. The second kappa shape index (κ2) is 6.18. The minimum atomic E-state index is -0.343. The average Bonchev–Trinajstić information content (AvgIpc) is 2.26. The van der Waals surface area contributed by atoms with Gasteiger partial charge in [-0.2, -0.15) is 0 Å². The Hall–Kier alpha value is -1.37. The number of rotatable bonds is 3. The molecule has 80 valence electrons. The second-order valence-corrected chi connectivity index (χ2v) is 3.13. The fourth-order valence-corrected chi connectivity index (χ4v) is 1.11. The summed E-state index contributed by atoms with van der Waals surface area (Å²) in [4.78, 5) is 0. The van der Waals surface area contributed by atoms with Crippen molar-refractivity contribution in [2.24, 2.45) is 0 Å². The third-order valence-electron chi connectivity index (χ3n) is 1.94. The van der Waals surface area contributed by atoms with Gasteiger partial charge in [0, 0.05) is 13.0 Å². The van der Waals surface area contributed by atoms with Crippen LogP contribution in [0.2, 0.25) is 0 Å². The molecule has 0 aliphatic heterocycles. The average molecular weight is 207 g/mol. The van der Waals surface area contributed by atoms with Crippen molar-refractivity contribution in [1.29, 1.82) is 0 Å². The van der Waals surface area contributed by atoms with Crippen LogP contribution >= 0.6 is 0 Å². The highest BCUT2D eigenvalue weighted by Gasteiger charge is 1.99. The van der Waals surface area contributed by atoms with Gasteiger partial charge in [0.25, 0.3) is 0 Å². The van der Waals surface area contributed by atoms with Crippen molar-refractivity contribution in [2.45, 2.75) is 13.0 Å². The maximum Gasteiger partial charge on any atom is 0.138 e. The summed E-state index contributed by atoms with van der Waals surface area (Å²) in [5.41, 5.74) is 1.02. The molecule has 0 aliphatic rings. The van der Waals surface area contributed by atoms with Crippen molar-refractivity contribution < 1.29 is 9.50 Å². The van der Waals surface area contributed by atoms with Crippen molar-refractivity contribution in [2.75, 3.05) is 13.6 Å². The monoisotopic (exact) mass is 207 g/mol. The van der Waals surface area contributed by atoms with Crippen molar-refractivity contribution in [3.8, 4) is 11.8 Å². The van der Waals surface area contributed by atoms with Crippen LogP contribution in [-0.4, -0.2) is 18.7 Å². The summed E-state index contributed by atoms with van der Waals surface area (Å²) in [6.45, 7) is 0.694. The summed E-state index contributed by atoms with van der Waals surface area (Å²) in [5.74, 6) is 5.26. The van der Waals surface area contributed by atoms with Crippen LogP contribution in [0.1, 0.15) is 17.5 Å². The summed E-state index contributed by atoms with van der Waals surface area (Å²) in [6.07, 6.45) is 0.680. The molecule has 0 spiro atoms. The lowest BCUT2D eigenvalue weighted by molar-refractivity contribution is 0.281. The molecule has 0 radical (unpaired) electrons. The molecule has 15 heavy (non-hydrogen) atoms. The lowest BCUT2D eigenvalue weighted by Crippen LogP contribution is -2.05. The molecule has 0 heterocycles. The number of hydrogen-bond acceptors (Lipinski definition) is 2. The quantitative estimate of drug-likeness (QED) is 0.578. The maximum atomic E-state index is 13.2. The van der Waals surface area contributed by atoms with Gasteiger partial charge in [-0.3, -0.25) is 0 Å². The van der Waals surface area contributed by atoms with Crippen LogP contribution < -0.4 is 5.32 Å². The molecule has 2 nitrogen and oxygen atoms in total. The van der Waals surface area contributed by atoms with E-state index in [2.05, 4.69) is 17.2 Å². The standard InChI is InChI=1S/C12H14FNO/c1-14-7-3-2-4-11-8-10(9-15)5-6-12(11)13/h5-6,8,14-15H,3,7,9H2,1H3. The molecule has 1 aromatic rings. The van der Waals surface area contributed by atoms with E-state index in [9.17, 15) is 4.39 Å². The number of nitrogens with one attached hydrogen (secondary N) is 1. The summed E-state index contributed by atoms with van der Waals surface area (Å²) in [5, 5.41) is 11.8. The van der Waals surface area contributed by atoms with Crippen molar-refractivity contribution in [1.82, 2.24) is 5.32 Å². The Morgan fingerprint density at radius 2 is 2.27 bits per heavy atom. The van der Waals surface area contributed by atoms with E-state index in [1.54, 1.807) is 12.1 Å². The lowest BCUT2D eigenvalue weighted by atomic mass is 10.1. The van der Waals surface area contributed by atoms with Crippen molar-refractivity contribution in [3.63, 3.8) is 0 Å². The molecule has 1 aromatic carbocycles. The molecule has 0 aromatic heterocycles. The van der Waals surface area contributed by atoms with E-state index in [1.165, 1.54) is 6.07 Å². The van der Waals surface area contributed by atoms with Crippen molar-refractivity contribution in [3.05, 3.63) is 35.1 Å². The van der Waals surface area contributed by atoms with E-state index in [0.29, 0.717) is 17.5 Å². The van der Waals surface area contributed by atoms with Crippen LogP contribution in [0.5, 0.6) is 0 Å². The zero-order valence-electron chi connectivity index (χ0n) is 8.68. The van der Waals surface area contributed by atoms with Crippen molar-refractivity contribution >= 4 is 0 Å². The molecule has 3 heteroatoms. The first-order chi connectivity index (χ1) is 7.27. The molecule has 0 atom stereocenters. The Morgan fingerprint density at radius 3 is 2.93 bits per heavy atom. The predicted molar refractivity (Wildman–Crippen MR) is 57.7 cm³/mol. The van der Waals surface area contributed by atoms with E-state index in [0.717, 1.165) is 6.54 Å².